The highest BCUT2D eigenvalue weighted by Crippen LogP contribution is 2.29. The summed E-state index contributed by atoms with van der Waals surface area (Å²) in [5.74, 6) is 0. The van der Waals surface area contributed by atoms with Crippen LogP contribution in [0.15, 0.2) is 58.8 Å². The van der Waals surface area contributed by atoms with E-state index >= 15 is 0 Å². The summed E-state index contributed by atoms with van der Waals surface area (Å²) in [6.45, 7) is 4.14. The zero-order chi connectivity index (χ0) is 19.7. The second kappa shape index (κ2) is 7.83. The zero-order valence-electron chi connectivity index (χ0n) is 15.4. The van der Waals surface area contributed by atoms with E-state index in [0.717, 1.165) is 16.4 Å². The number of halogens is 1. The van der Waals surface area contributed by atoms with Crippen LogP contribution in [0.3, 0.4) is 0 Å². The quantitative estimate of drug-likeness (QED) is 0.616. The monoisotopic (exact) mass is 433 g/mol. The molecule has 5 nitrogen and oxygen atoms in total. The Morgan fingerprint density at radius 3 is 2.50 bits per heavy atom. The lowest BCUT2D eigenvalue weighted by Crippen LogP contribution is -2.48. The Kier molecular flexibility index (Phi) is 5.42. The second-order valence-electron chi connectivity index (χ2n) is 6.73. The first-order chi connectivity index (χ1) is 13.4. The van der Waals surface area contributed by atoms with E-state index in [2.05, 4.69) is 35.4 Å². The molecule has 1 aliphatic rings. The number of anilines is 1. The van der Waals surface area contributed by atoms with Gasteiger partial charge in [-0.05, 0) is 31.2 Å². The number of rotatable bonds is 4. The molecule has 2 heterocycles. The van der Waals surface area contributed by atoms with Crippen molar-refractivity contribution in [3.63, 3.8) is 0 Å². The van der Waals surface area contributed by atoms with Crippen LogP contribution in [0.4, 0.5) is 5.13 Å². The van der Waals surface area contributed by atoms with Crippen LogP contribution in [-0.2, 0) is 10.0 Å². The number of thiazole rings is 1. The number of aromatic nitrogens is 1. The van der Waals surface area contributed by atoms with Crippen molar-refractivity contribution in [1.82, 2.24) is 9.29 Å². The molecule has 1 aromatic heterocycles. The van der Waals surface area contributed by atoms with E-state index < -0.39 is 10.0 Å². The fraction of sp³-hybridized carbons (Fsp3) is 0.250. The Balaban J connectivity index is 1.46. The fourth-order valence-electron chi connectivity index (χ4n) is 3.24. The number of piperazine rings is 1. The van der Waals surface area contributed by atoms with Crippen molar-refractivity contribution in [3.05, 3.63) is 64.5 Å². The highest BCUT2D eigenvalue weighted by molar-refractivity contribution is 7.89. The molecule has 8 heteroatoms. The van der Waals surface area contributed by atoms with E-state index in [-0.39, 0.29) is 4.90 Å². The number of nitrogens with zero attached hydrogens (tertiary/aromatic N) is 3. The molecule has 4 rings (SSSR count). The molecule has 0 radical (unpaired) electrons. The molecule has 0 aliphatic carbocycles. The molecule has 146 valence electrons. The van der Waals surface area contributed by atoms with Gasteiger partial charge in [0, 0.05) is 42.1 Å². The summed E-state index contributed by atoms with van der Waals surface area (Å²) in [6.07, 6.45) is 0. The number of hydrogen-bond acceptors (Lipinski definition) is 5. The average Bonchev–Trinajstić information content (AvgIpc) is 3.18. The summed E-state index contributed by atoms with van der Waals surface area (Å²) in [4.78, 5) is 7.15. The van der Waals surface area contributed by atoms with Crippen molar-refractivity contribution in [2.24, 2.45) is 0 Å². The lowest BCUT2D eigenvalue weighted by molar-refractivity contribution is 0.385. The van der Waals surface area contributed by atoms with Gasteiger partial charge in [-0.15, -0.1) is 11.3 Å². The lowest BCUT2D eigenvalue weighted by Gasteiger charge is -2.33. The molecular weight excluding hydrogens is 414 g/mol. The van der Waals surface area contributed by atoms with Gasteiger partial charge >= 0.3 is 0 Å². The van der Waals surface area contributed by atoms with Crippen LogP contribution in [0.5, 0.6) is 0 Å². The van der Waals surface area contributed by atoms with Gasteiger partial charge in [0.25, 0.3) is 0 Å². The number of aryl methyl sites for hydroxylation is 1. The molecule has 0 amide bonds. The molecule has 0 bridgehead atoms. The molecule has 28 heavy (non-hydrogen) atoms. The van der Waals surface area contributed by atoms with Crippen molar-refractivity contribution in [2.75, 3.05) is 31.1 Å². The summed E-state index contributed by atoms with van der Waals surface area (Å²) in [5, 5.41) is 3.40. The summed E-state index contributed by atoms with van der Waals surface area (Å²) in [6, 6.07) is 14.7. The highest BCUT2D eigenvalue weighted by Gasteiger charge is 2.29. The van der Waals surface area contributed by atoms with E-state index in [0.29, 0.717) is 31.2 Å². The minimum Gasteiger partial charge on any atom is -0.345 e. The van der Waals surface area contributed by atoms with Gasteiger partial charge in [-0.1, -0.05) is 41.4 Å². The Morgan fingerprint density at radius 2 is 1.79 bits per heavy atom. The molecule has 3 aromatic rings. The number of hydrogen-bond donors (Lipinski definition) is 0. The van der Waals surface area contributed by atoms with Crippen LogP contribution in [-0.4, -0.2) is 43.9 Å². The summed E-state index contributed by atoms with van der Waals surface area (Å²) in [7, 11) is -3.53. The van der Waals surface area contributed by atoms with Crippen LogP contribution >= 0.6 is 22.9 Å². The van der Waals surface area contributed by atoms with Crippen LogP contribution < -0.4 is 4.90 Å². The molecule has 1 aliphatic heterocycles. The van der Waals surface area contributed by atoms with E-state index in [1.165, 1.54) is 15.9 Å². The third kappa shape index (κ3) is 3.93. The summed E-state index contributed by atoms with van der Waals surface area (Å²) >= 11 is 7.55. The molecule has 0 spiro atoms. The molecule has 0 atom stereocenters. The van der Waals surface area contributed by atoms with Gasteiger partial charge in [-0.25, -0.2) is 13.4 Å². The zero-order valence-corrected chi connectivity index (χ0v) is 17.8. The number of sulfonamides is 1. The first-order valence-electron chi connectivity index (χ1n) is 8.97. The minimum atomic E-state index is -3.53. The minimum absolute atomic E-state index is 0.240. The van der Waals surface area contributed by atoms with Crippen molar-refractivity contribution in [2.45, 2.75) is 11.8 Å². The summed E-state index contributed by atoms with van der Waals surface area (Å²) < 4.78 is 27.2. The SMILES string of the molecule is Cc1cccc(-c2csc(N3CCN(S(=O)(=O)c4cccc(Cl)c4)CC3)n2)c1. The van der Waals surface area contributed by atoms with Gasteiger partial charge in [0.15, 0.2) is 5.13 Å². The van der Waals surface area contributed by atoms with Crippen molar-refractivity contribution < 1.29 is 8.42 Å². The topological polar surface area (TPSA) is 53.5 Å². The first kappa shape index (κ1) is 19.4. The van der Waals surface area contributed by atoms with E-state index in [4.69, 9.17) is 16.6 Å². The van der Waals surface area contributed by atoms with Gasteiger partial charge in [-0.2, -0.15) is 4.31 Å². The van der Waals surface area contributed by atoms with Crippen LogP contribution in [0.2, 0.25) is 5.02 Å². The average molecular weight is 434 g/mol. The van der Waals surface area contributed by atoms with Crippen LogP contribution in [0, 0.1) is 6.92 Å². The van der Waals surface area contributed by atoms with E-state index in [1.54, 1.807) is 29.5 Å². The molecule has 0 N–H and O–H groups in total. The van der Waals surface area contributed by atoms with Crippen molar-refractivity contribution in [1.29, 1.82) is 0 Å². The maximum absolute atomic E-state index is 12.8. The third-order valence-electron chi connectivity index (χ3n) is 4.75. The fourth-order valence-corrected chi connectivity index (χ4v) is 5.85. The molecule has 0 saturated carbocycles. The van der Waals surface area contributed by atoms with Gasteiger partial charge in [0.1, 0.15) is 0 Å². The van der Waals surface area contributed by atoms with Gasteiger partial charge in [0.05, 0.1) is 10.6 Å². The largest absolute Gasteiger partial charge is 0.345 e. The smallest absolute Gasteiger partial charge is 0.243 e. The molecule has 1 saturated heterocycles. The Bertz CT molecular complexity index is 1090. The van der Waals surface area contributed by atoms with Gasteiger partial charge in [0.2, 0.25) is 10.0 Å². The Hall–Kier alpha value is -1.93. The highest BCUT2D eigenvalue weighted by atomic mass is 35.5. The van der Waals surface area contributed by atoms with Crippen molar-refractivity contribution >= 4 is 38.1 Å². The molecule has 1 fully saturated rings. The normalized spacial score (nSPS) is 15.7. The van der Waals surface area contributed by atoms with Crippen LogP contribution in [0.1, 0.15) is 5.56 Å². The molecule has 0 unspecified atom stereocenters. The van der Waals surface area contributed by atoms with Gasteiger partial charge in [-0.3, -0.25) is 0 Å². The predicted molar refractivity (Wildman–Crippen MR) is 115 cm³/mol. The van der Waals surface area contributed by atoms with Gasteiger partial charge < -0.3 is 4.90 Å². The van der Waals surface area contributed by atoms with Crippen LogP contribution in [0.25, 0.3) is 11.3 Å². The first-order valence-corrected chi connectivity index (χ1v) is 11.7. The van der Waals surface area contributed by atoms with E-state index in [1.807, 2.05) is 6.07 Å². The maximum Gasteiger partial charge on any atom is 0.243 e. The lowest BCUT2D eigenvalue weighted by atomic mass is 10.1. The second-order valence-corrected chi connectivity index (χ2v) is 9.94. The predicted octanol–water partition coefficient (Wildman–Crippen LogP) is 4.28. The maximum atomic E-state index is 12.8. The van der Waals surface area contributed by atoms with Crippen molar-refractivity contribution in [3.8, 4) is 11.3 Å². The standard InChI is InChI=1S/C20H20ClN3O2S2/c1-15-4-2-5-16(12-15)19-14-27-20(22-19)23-8-10-24(11-9-23)28(25,26)18-7-3-6-17(21)13-18/h2-7,12-14H,8-11H2,1H3. The third-order valence-corrected chi connectivity index (χ3v) is 7.78. The Morgan fingerprint density at radius 1 is 1.04 bits per heavy atom. The molecular formula is C20H20ClN3O2S2. The number of benzene rings is 2. The Labute approximate surface area is 174 Å². The summed E-state index contributed by atoms with van der Waals surface area (Å²) in [5.41, 5.74) is 3.26. The molecule has 2 aromatic carbocycles. The van der Waals surface area contributed by atoms with E-state index in [9.17, 15) is 8.42 Å².